The van der Waals surface area contributed by atoms with Crippen LogP contribution in [0.25, 0.3) is 0 Å². The van der Waals surface area contributed by atoms with Crippen molar-refractivity contribution >= 4 is 11.9 Å². The Kier molecular flexibility index (Phi) is 16.3. The van der Waals surface area contributed by atoms with Gasteiger partial charge >= 0.3 is 5.97 Å². The van der Waals surface area contributed by atoms with Gasteiger partial charge in [-0.15, -0.1) is 0 Å². The molecule has 0 aromatic heterocycles. The molecule has 0 aromatic rings. The SMILES string of the molecule is CCCCCCCCCCCCCCCC(=O)NCC(=O)O[C@H]1O[C@H](CO)[C@H](O)[C@H](O)[C@H]1O. The van der Waals surface area contributed by atoms with Crippen LogP contribution in [0.15, 0.2) is 0 Å². The zero-order chi connectivity index (χ0) is 24.5. The van der Waals surface area contributed by atoms with Crippen LogP contribution in [0.2, 0.25) is 0 Å². The van der Waals surface area contributed by atoms with E-state index in [2.05, 4.69) is 12.2 Å². The minimum Gasteiger partial charge on any atom is -0.431 e. The van der Waals surface area contributed by atoms with E-state index in [-0.39, 0.29) is 5.91 Å². The molecule has 9 heteroatoms. The van der Waals surface area contributed by atoms with E-state index < -0.39 is 49.8 Å². The summed E-state index contributed by atoms with van der Waals surface area (Å²) in [5.74, 6) is -1.11. The maximum Gasteiger partial charge on any atom is 0.327 e. The number of carbonyl (C=O) groups is 2. The number of esters is 1. The number of hydrogen-bond acceptors (Lipinski definition) is 8. The van der Waals surface area contributed by atoms with Crippen LogP contribution in [0, 0.1) is 0 Å². The topological polar surface area (TPSA) is 146 Å². The molecule has 1 aliphatic rings. The number of amides is 1. The van der Waals surface area contributed by atoms with Gasteiger partial charge in [0.15, 0.2) is 0 Å². The van der Waals surface area contributed by atoms with Gasteiger partial charge in [-0.05, 0) is 6.42 Å². The Morgan fingerprint density at radius 1 is 0.788 bits per heavy atom. The van der Waals surface area contributed by atoms with E-state index in [0.29, 0.717) is 6.42 Å². The summed E-state index contributed by atoms with van der Waals surface area (Å²) in [6.07, 6.45) is 8.72. The van der Waals surface area contributed by atoms with Gasteiger partial charge in [-0.2, -0.15) is 0 Å². The monoisotopic (exact) mass is 475 g/mol. The Bertz CT molecular complexity index is 531. The maximum absolute atomic E-state index is 11.9. The van der Waals surface area contributed by atoms with Crippen LogP contribution in [0.5, 0.6) is 0 Å². The van der Waals surface area contributed by atoms with Crippen molar-refractivity contribution in [1.29, 1.82) is 0 Å². The Balaban J connectivity index is 2.01. The Morgan fingerprint density at radius 2 is 1.30 bits per heavy atom. The number of unbranched alkanes of at least 4 members (excludes halogenated alkanes) is 12. The van der Waals surface area contributed by atoms with Crippen molar-refractivity contribution < 1.29 is 39.5 Å². The van der Waals surface area contributed by atoms with E-state index >= 15 is 0 Å². The van der Waals surface area contributed by atoms with E-state index in [1.807, 2.05) is 0 Å². The van der Waals surface area contributed by atoms with E-state index in [9.17, 15) is 24.9 Å². The summed E-state index contributed by atoms with van der Waals surface area (Å²) in [5.41, 5.74) is 0. The minimum absolute atomic E-state index is 0.260. The van der Waals surface area contributed by atoms with E-state index in [1.54, 1.807) is 0 Å². The zero-order valence-corrected chi connectivity index (χ0v) is 20.1. The molecule has 1 rings (SSSR count). The molecule has 1 aliphatic heterocycles. The van der Waals surface area contributed by atoms with E-state index in [1.165, 1.54) is 64.2 Å². The van der Waals surface area contributed by atoms with Crippen LogP contribution < -0.4 is 5.32 Å². The van der Waals surface area contributed by atoms with Crippen LogP contribution in [0.3, 0.4) is 0 Å². The summed E-state index contributed by atoms with van der Waals surface area (Å²) < 4.78 is 10.0. The summed E-state index contributed by atoms with van der Waals surface area (Å²) in [6.45, 7) is 1.22. The van der Waals surface area contributed by atoms with Crippen molar-refractivity contribution in [3.63, 3.8) is 0 Å². The third-order valence-corrected chi connectivity index (χ3v) is 6.03. The van der Waals surface area contributed by atoms with E-state index in [4.69, 9.17) is 14.6 Å². The van der Waals surface area contributed by atoms with Crippen molar-refractivity contribution in [2.24, 2.45) is 0 Å². The first-order valence-corrected chi connectivity index (χ1v) is 12.7. The van der Waals surface area contributed by atoms with Gasteiger partial charge in [0.1, 0.15) is 31.0 Å². The van der Waals surface area contributed by atoms with Crippen molar-refractivity contribution in [1.82, 2.24) is 5.32 Å². The highest BCUT2D eigenvalue weighted by atomic mass is 16.7. The zero-order valence-electron chi connectivity index (χ0n) is 20.1. The average Bonchev–Trinajstić information content (AvgIpc) is 2.81. The smallest absolute Gasteiger partial charge is 0.327 e. The number of aliphatic hydroxyl groups is 4. The van der Waals surface area contributed by atoms with Gasteiger partial charge in [0.25, 0.3) is 0 Å². The minimum atomic E-state index is -1.66. The predicted molar refractivity (Wildman–Crippen MR) is 123 cm³/mol. The predicted octanol–water partition coefficient (Wildman–Crippen LogP) is 1.93. The molecule has 0 unspecified atom stereocenters. The molecule has 194 valence electrons. The second-order valence-corrected chi connectivity index (χ2v) is 8.96. The molecule has 1 heterocycles. The Hall–Kier alpha value is -1.26. The summed E-state index contributed by atoms with van der Waals surface area (Å²) in [4.78, 5) is 23.8. The molecule has 0 saturated carbocycles. The third-order valence-electron chi connectivity index (χ3n) is 6.03. The van der Waals surface area contributed by atoms with Crippen LogP contribution in [-0.4, -0.2) is 76.2 Å². The maximum atomic E-state index is 11.9. The lowest BCUT2D eigenvalue weighted by molar-refractivity contribution is -0.292. The first-order valence-electron chi connectivity index (χ1n) is 12.7. The molecule has 1 amide bonds. The molecule has 1 saturated heterocycles. The molecular formula is C24H45NO8. The Morgan fingerprint density at radius 3 is 1.82 bits per heavy atom. The second kappa shape index (κ2) is 18.1. The molecular weight excluding hydrogens is 430 g/mol. The lowest BCUT2D eigenvalue weighted by Gasteiger charge is -2.39. The van der Waals surface area contributed by atoms with Gasteiger partial charge in [-0.1, -0.05) is 84.0 Å². The van der Waals surface area contributed by atoms with Crippen molar-refractivity contribution in [3.05, 3.63) is 0 Å². The lowest BCUT2D eigenvalue weighted by Crippen LogP contribution is -2.59. The van der Waals surface area contributed by atoms with Gasteiger partial charge in [0.2, 0.25) is 12.2 Å². The first kappa shape index (κ1) is 29.8. The number of ether oxygens (including phenoxy) is 2. The van der Waals surface area contributed by atoms with Gasteiger partial charge < -0.3 is 35.2 Å². The summed E-state index contributed by atoms with van der Waals surface area (Å²) >= 11 is 0. The molecule has 0 aromatic carbocycles. The summed E-state index contributed by atoms with van der Waals surface area (Å²) in [6, 6.07) is 0. The summed E-state index contributed by atoms with van der Waals surface area (Å²) in [5, 5.41) is 40.9. The fraction of sp³-hybridized carbons (Fsp3) is 0.917. The standard InChI is InChI=1S/C24H45NO8/c1-2-3-4-5-6-7-8-9-10-11-12-13-14-15-19(27)25-16-20(28)33-24-23(31)22(30)21(29)18(17-26)32-24/h18,21-24,26,29-31H,2-17H2,1H3,(H,25,27)/t18-,21+,22+,23-,24-/m1/s1. The largest absolute Gasteiger partial charge is 0.431 e. The average molecular weight is 476 g/mol. The number of rotatable bonds is 18. The first-order chi connectivity index (χ1) is 15.9. The lowest BCUT2D eigenvalue weighted by atomic mass is 9.99. The van der Waals surface area contributed by atoms with Gasteiger partial charge in [-0.25, -0.2) is 0 Å². The molecule has 0 radical (unpaired) electrons. The quantitative estimate of drug-likeness (QED) is 0.149. The number of nitrogens with one attached hydrogen (secondary N) is 1. The highest BCUT2D eigenvalue weighted by molar-refractivity contribution is 5.81. The van der Waals surface area contributed by atoms with Gasteiger partial charge in [0.05, 0.1) is 6.61 Å². The van der Waals surface area contributed by atoms with Crippen LogP contribution in [0.1, 0.15) is 96.8 Å². The van der Waals surface area contributed by atoms with Gasteiger partial charge in [-0.3, -0.25) is 9.59 Å². The highest BCUT2D eigenvalue weighted by Gasteiger charge is 2.45. The molecule has 5 N–H and O–H groups in total. The molecule has 9 nitrogen and oxygen atoms in total. The normalized spacial score (nSPS) is 25.1. The molecule has 1 fully saturated rings. The van der Waals surface area contributed by atoms with E-state index in [0.717, 1.165) is 19.3 Å². The fourth-order valence-corrected chi connectivity index (χ4v) is 3.90. The van der Waals surface area contributed by atoms with Crippen molar-refractivity contribution in [2.75, 3.05) is 13.2 Å². The molecule has 33 heavy (non-hydrogen) atoms. The van der Waals surface area contributed by atoms with Crippen LogP contribution in [-0.2, 0) is 19.1 Å². The summed E-state index contributed by atoms with van der Waals surface area (Å²) in [7, 11) is 0. The third kappa shape index (κ3) is 12.7. The molecule has 0 bridgehead atoms. The highest BCUT2D eigenvalue weighted by Crippen LogP contribution is 2.22. The number of hydrogen-bond donors (Lipinski definition) is 5. The van der Waals surface area contributed by atoms with Crippen LogP contribution in [0.4, 0.5) is 0 Å². The molecule has 0 aliphatic carbocycles. The molecule has 0 spiro atoms. The van der Waals surface area contributed by atoms with Gasteiger partial charge in [0, 0.05) is 6.42 Å². The number of carbonyl (C=O) groups excluding carboxylic acids is 2. The second-order valence-electron chi connectivity index (χ2n) is 8.96. The van der Waals surface area contributed by atoms with Crippen LogP contribution >= 0.6 is 0 Å². The molecule has 5 atom stereocenters. The number of aliphatic hydroxyl groups excluding tert-OH is 4. The van der Waals surface area contributed by atoms with Crippen molar-refractivity contribution in [2.45, 2.75) is 128 Å². The Labute approximate surface area is 197 Å². The van der Waals surface area contributed by atoms with Crippen molar-refractivity contribution in [3.8, 4) is 0 Å². The fourth-order valence-electron chi connectivity index (χ4n) is 3.90.